The fraction of sp³-hybridized carbons (Fsp3) is 0.375. The Morgan fingerprint density at radius 1 is 1.05 bits per heavy atom. The molecule has 2 aromatic carbocycles. The molecule has 4 heterocycles. The third kappa shape index (κ3) is 6.06. The number of anilines is 1. The van der Waals surface area contributed by atoms with Gasteiger partial charge < -0.3 is 25.6 Å². The third-order valence-electron chi connectivity index (χ3n) is 8.81. The summed E-state index contributed by atoms with van der Waals surface area (Å²) < 4.78 is 26.8. The number of carbonyl (C=O) groups excluding carboxylic acids is 2. The van der Waals surface area contributed by atoms with E-state index in [1.165, 1.54) is 25.0 Å². The Morgan fingerprint density at radius 2 is 1.75 bits per heavy atom. The van der Waals surface area contributed by atoms with Gasteiger partial charge in [0.1, 0.15) is 0 Å². The number of fused-ring (bicyclic) bond motifs is 1. The summed E-state index contributed by atoms with van der Waals surface area (Å²) in [5.41, 5.74) is 4.42. The van der Waals surface area contributed by atoms with Crippen molar-refractivity contribution in [3.8, 4) is 0 Å². The molecule has 12 heteroatoms. The molecule has 3 aliphatic heterocycles. The van der Waals surface area contributed by atoms with Crippen LogP contribution in [0.3, 0.4) is 0 Å². The van der Waals surface area contributed by atoms with E-state index in [0.717, 1.165) is 50.3 Å². The van der Waals surface area contributed by atoms with Gasteiger partial charge >= 0.3 is 0 Å². The summed E-state index contributed by atoms with van der Waals surface area (Å²) in [7, 11) is -3.84. The van der Waals surface area contributed by atoms with Crippen LogP contribution in [0.2, 0.25) is 10.0 Å². The number of carbonyl (C=O) groups is 2. The molecule has 0 aliphatic carbocycles. The monoisotopic (exact) mass is 658 g/mol. The molecule has 2 saturated heterocycles. The molecule has 3 aliphatic rings. The summed E-state index contributed by atoms with van der Waals surface area (Å²) in [6.45, 7) is 7.61. The molecule has 0 unspecified atom stereocenters. The molecule has 4 N–H and O–H groups in total. The number of likely N-dealkylation sites (tertiary alicyclic amines) is 2. The first-order valence-corrected chi connectivity index (χ1v) is 17.0. The minimum absolute atomic E-state index is 0. The van der Waals surface area contributed by atoms with Gasteiger partial charge in [-0.15, -0.1) is 0 Å². The van der Waals surface area contributed by atoms with Crippen LogP contribution in [-0.4, -0.2) is 72.7 Å². The number of aromatic amines is 1. The number of aromatic nitrogens is 1. The molecule has 1 aromatic heterocycles. The number of H-pyrrole nitrogens is 1. The van der Waals surface area contributed by atoms with E-state index < -0.39 is 9.84 Å². The quantitative estimate of drug-likeness (QED) is 0.333. The molecular formula is C32H36Cl2N4O5S. The summed E-state index contributed by atoms with van der Waals surface area (Å²) in [5, 5.41) is 3.37. The van der Waals surface area contributed by atoms with Crippen LogP contribution in [0, 0.1) is 13.8 Å². The highest BCUT2D eigenvalue weighted by atomic mass is 35.5. The number of nitrogens with one attached hydrogen (secondary N) is 2. The van der Waals surface area contributed by atoms with Crippen molar-refractivity contribution in [2.45, 2.75) is 56.2 Å². The van der Waals surface area contributed by atoms with Crippen molar-refractivity contribution in [3.05, 3.63) is 80.1 Å². The number of rotatable bonds is 7. The Labute approximate surface area is 267 Å². The number of nitrogens with zero attached hydrogens (tertiary/aromatic N) is 2. The van der Waals surface area contributed by atoms with Gasteiger partial charge in [-0.25, -0.2) is 8.42 Å². The van der Waals surface area contributed by atoms with Crippen LogP contribution in [0.4, 0.5) is 5.69 Å². The zero-order valence-corrected chi connectivity index (χ0v) is 27.0. The standard InChI is InChI=1S/C32H34Cl2N4O4S.H2O/c1-19-29(35-20(2)30(19)32(40)38-14-6-7-21(38)17-37-12-3-4-13-37)16-24-23-15-22(10-11-28(23)36-31(24)39)43(41,42)18-25-26(33)8-5-9-27(25)34;/h5,8-11,15-16,21,35H,3-4,6-7,12-14,17-18H2,1-2H3,(H,36,39);1H2/b24-16-;/t21-;/m1./s1. The molecule has 0 spiro atoms. The fourth-order valence-electron chi connectivity index (χ4n) is 6.53. The van der Waals surface area contributed by atoms with E-state index in [1.54, 1.807) is 30.3 Å². The Hall–Kier alpha value is -3.15. The molecule has 44 heavy (non-hydrogen) atoms. The molecule has 2 amide bonds. The van der Waals surface area contributed by atoms with E-state index in [4.69, 9.17) is 23.2 Å². The van der Waals surface area contributed by atoms with Crippen LogP contribution < -0.4 is 5.32 Å². The average Bonchev–Trinajstić information content (AvgIpc) is 3.75. The van der Waals surface area contributed by atoms with Crippen molar-refractivity contribution < 1.29 is 23.5 Å². The van der Waals surface area contributed by atoms with E-state index in [-0.39, 0.29) is 44.0 Å². The Kier molecular flexibility index (Phi) is 9.30. The zero-order valence-electron chi connectivity index (χ0n) is 24.7. The number of amides is 2. The van der Waals surface area contributed by atoms with Crippen LogP contribution in [0.1, 0.15) is 64.1 Å². The molecule has 0 radical (unpaired) electrons. The van der Waals surface area contributed by atoms with E-state index in [9.17, 15) is 18.0 Å². The predicted molar refractivity (Wildman–Crippen MR) is 174 cm³/mol. The van der Waals surface area contributed by atoms with Crippen LogP contribution in [-0.2, 0) is 20.4 Å². The molecule has 0 bridgehead atoms. The second-order valence-corrected chi connectivity index (χ2v) is 14.4. The van der Waals surface area contributed by atoms with E-state index in [0.29, 0.717) is 33.6 Å². The maximum absolute atomic E-state index is 13.8. The number of halogens is 2. The Balaban J connectivity index is 0.00000384. The summed E-state index contributed by atoms with van der Waals surface area (Å²) in [6, 6.07) is 9.62. The van der Waals surface area contributed by atoms with Crippen LogP contribution in [0.5, 0.6) is 0 Å². The van der Waals surface area contributed by atoms with Gasteiger partial charge in [-0.3, -0.25) is 9.59 Å². The molecule has 3 aromatic rings. The van der Waals surface area contributed by atoms with Gasteiger partial charge in [0.05, 0.1) is 21.8 Å². The lowest BCUT2D eigenvalue weighted by atomic mass is 10.0. The smallest absolute Gasteiger partial charge is 0.256 e. The summed E-state index contributed by atoms with van der Waals surface area (Å²) in [5.74, 6) is -0.704. The molecule has 0 saturated carbocycles. The van der Waals surface area contributed by atoms with E-state index >= 15 is 0 Å². The number of hydrogen-bond acceptors (Lipinski definition) is 5. The van der Waals surface area contributed by atoms with Crippen LogP contribution in [0.15, 0.2) is 41.3 Å². The molecule has 6 rings (SSSR count). The first-order valence-electron chi connectivity index (χ1n) is 14.6. The SMILES string of the molecule is Cc1[nH]c(/C=C2\C(=O)Nc3ccc(S(=O)(=O)Cc4c(Cl)cccc4Cl)cc32)c(C)c1C(=O)N1CCC[C@@H]1CN1CCCC1.O. The minimum Gasteiger partial charge on any atom is -0.412 e. The van der Waals surface area contributed by atoms with Gasteiger partial charge in [0, 0.05) is 57.4 Å². The number of aryl methyl sites for hydroxylation is 1. The summed E-state index contributed by atoms with van der Waals surface area (Å²) in [6.07, 6.45) is 6.14. The number of sulfone groups is 1. The van der Waals surface area contributed by atoms with Crippen molar-refractivity contribution in [1.82, 2.24) is 14.8 Å². The van der Waals surface area contributed by atoms with Gasteiger partial charge in [-0.2, -0.15) is 0 Å². The molecule has 1 atom stereocenters. The van der Waals surface area contributed by atoms with Crippen LogP contribution in [0.25, 0.3) is 11.6 Å². The lowest BCUT2D eigenvalue weighted by Crippen LogP contribution is -2.42. The highest BCUT2D eigenvalue weighted by Crippen LogP contribution is 2.37. The number of hydrogen-bond donors (Lipinski definition) is 2. The first-order chi connectivity index (χ1) is 20.5. The summed E-state index contributed by atoms with van der Waals surface area (Å²) in [4.78, 5) is 34.7. The lowest BCUT2D eigenvalue weighted by Gasteiger charge is -2.28. The molecular weight excluding hydrogens is 623 g/mol. The highest BCUT2D eigenvalue weighted by Gasteiger charge is 2.34. The number of benzene rings is 2. The Morgan fingerprint density at radius 3 is 2.45 bits per heavy atom. The maximum atomic E-state index is 13.8. The van der Waals surface area contributed by atoms with Crippen molar-refractivity contribution in [2.24, 2.45) is 0 Å². The van der Waals surface area contributed by atoms with E-state index in [2.05, 4.69) is 15.2 Å². The molecule has 2 fully saturated rings. The first kappa shape index (κ1) is 32.2. The second kappa shape index (κ2) is 12.7. The molecule has 234 valence electrons. The second-order valence-electron chi connectivity index (χ2n) is 11.6. The lowest BCUT2D eigenvalue weighted by molar-refractivity contribution is -0.110. The van der Waals surface area contributed by atoms with Crippen molar-refractivity contribution in [2.75, 3.05) is 31.5 Å². The minimum atomic E-state index is -3.84. The Bertz CT molecular complexity index is 1740. The largest absolute Gasteiger partial charge is 0.412 e. The maximum Gasteiger partial charge on any atom is 0.256 e. The van der Waals surface area contributed by atoms with Gasteiger partial charge in [0.2, 0.25) is 0 Å². The predicted octanol–water partition coefficient (Wildman–Crippen LogP) is 5.28. The van der Waals surface area contributed by atoms with Crippen LogP contribution >= 0.6 is 23.2 Å². The third-order valence-corrected chi connectivity index (χ3v) is 11.2. The van der Waals surface area contributed by atoms with Gasteiger partial charge in [0.25, 0.3) is 11.8 Å². The van der Waals surface area contributed by atoms with Crippen molar-refractivity contribution in [3.63, 3.8) is 0 Å². The summed E-state index contributed by atoms with van der Waals surface area (Å²) >= 11 is 12.5. The fourth-order valence-corrected chi connectivity index (χ4v) is 8.65. The topological polar surface area (TPSA) is 134 Å². The normalized spacial score (nSPS) is 19.4. The van der Waals surface area contributed by atoms with Gasteiger partial charge in [-0.1, -0.05) is 29.3 Å². The van der Waals surface area contributed by atoms with Crippen molar-refractivity contribution in [1.29, 1.82) is 0 Å². The van der Waals surface area contributed by atoms with Gasteiger partial charge in [0.15, 0.2) is 9.84 Å². The van der Waals surface area contributed by atoms with E-state index in [1.807, 2.05) is 18.7 Å². The van der Waals surface area contributed by atoms with Crippen molar-refractivity contribution >= 4 is 62.2 Å². The zero-order chi connectivity index (χ0) is 30.5. The molecule has 9 nitrogen and oxygen atoms in total. The average molecular weight is 660 g/mol. The highest BCUT2D eigenvalue weighted by molar-refractivity contribution is 7.90. The van der Waals surface area contributed by atoms with Gasteiger partial charge in [-0.05, 0) is 94.6 Å².